The minimum Gasteiger partial charge on any atom is -0.396 e. The monoisotopic (exact) mass is 1250 g/mol. The SMILES string of the molecule is C#CCOCCOCCOCCNc1nc(N2CCN(C(=O)CCCCCCCCCCNC(=O)C(CO)n3cc(CCCSC)nn3)CC2)nc(N2CCN(C(=O)CCCCCCCCCCNC(=O)C(CCCCN)n3cc(CCO)nn3)CC2)n1. The van der Waals surface area contributed by atoms with Crippen molar-refractivity contribution in [3.63, 3.8) is 0 Å². The van der Waals surface area contributed by atoms with Crippen LogP contribution in [-0.2, 0) is 46.2 Å². The largest absolute Gasteiger partial charge is 0.396 e. The topological polar surface area (TPSA) is 312 Å². The van der Waals surface area contributed by atoms with Gasteiger partial charge in [-0.3, -0.25) is 19.2 Å². The first-order chi connectivity index (χ1) is 43.2. The third-order valence-electron chi connectivity index (χ3n) is 15.7. The number of rotatable bonds is 50. The molecule has 0 aliphatic carbocycles. The number of aliphatic hydroxyl groups excluding tert-OH is 2. The first kappa shape index (κ1) is 73.0. The molecule has 0 bridgehead atoms. The standard InChI is InChI=1S/C61H105N17O9S/c1-3-41-85-43-45-87-46-44-86-42-31-65-59-66-60(75-36-32-73(33-37-75)55(81)25-16-12-8-4-6-10-14-20-29-63-57(83)53(24-18-19-28-62)77-49-52(27-40-79)70-71-77)68-61(67-59)76-38-34-74(35-39-76)56(82)26-17-13-9-5-7-11-15-21-30-64-58(84)54(50-80)78-48-51(69-72-78)23-22-47-88-2/h1,48-49,53-54,79-80H,4-47,50,62H2,2H3,(H,63,83)(H,64,84)(H,65,66,67,68). The number of ether oxygens (including phenoxy) is 3. The van der Waals surface area contributed by atoms with Gasteiger partial charge in [0.1, 0.15) is 12.6 Å². The fraction of sp³-hybridized carbons (Fsp3) is 0.787. The summed E-state index contributed by atoms with van der Waals surface area (Å²) < 4.78 is 19.6. The minimum atomic E-state index is -0.776. The molecule has 2 saturated heterocycles. The van der Waals surface area contributed by atoms with Crippen LogP contribution in [-0.4, -0.2) is 232 Å². The zero-order valence-corrected chi connectivity index (χ0v) is 53.6. The van der Waals surface area contributed by atoms with Crippen LogP contribution < -0.4 is 31.5 Å². The fourth-order valence-electron chi connectivity index (χ4n) is 10.6. The first-order valence-electron chi connectivity index (χ1n) is 32.7. The van der Waals surface area contributed by atoms with Gasteiger partial charge >= 0.3 is 0 Å². The maximum atomic E-state index is 13.4. The Hall–Kier alpha value is -5.76. The minimum absolute atomic E-state index is 0.0175. The Labute approximate surface area is 526 Å². The van der Waals surface area contributed by atoms with Crippen LogP contribution in [0.25, 0.3) is 0 Å². The van der Waals surface area contributed by atoms with Gasteiger partial charge < -0.3 is 65.7 Å². The quantitative estimate of drug-likeness (QED) is 0.0342. The molecule has 2 unspecified atom stereocenters. The lowest BCUT2D eigenvalue weighted by atomic mass is 10.1. The highest BCUT2D eigenvalue weighted by Crippen LogP contribution is 2.22. The Balaban J connectivity index is 0.951. The van der Waals surface area contributed by atoms with Crippen molar-refractivity contribution in [1.82, 2.24) is 65.4 Å². The molecule has 27 heteroatoms. The van der Waals surface area contributed by atoms with E-state index < -0.39 is 12.1 Å². The summed E-state index contributed by atoms with van der Waals surface area (Å²) in [4.78, 5) is 75.4. The van der Waals surface area contributed by atoms with Crippen molar-refractivity contribution in [2.24, 2.45) is 5.73 Å². The number of aliphatic hydroxyl groups is 2. The number of nitrogens with one attached hydrogen (secondary N) is 3. The van der Waals surface area contributed by atoms with Crippen LogP contribution in [0.3, 0.4) is 0 Å². The van der Waals surface area contributed by atoms with Crippen molar-refractivity contribution in [1.29, 1.82) is 0 Å². The third kappa shape index (κ3) is 28.8. The normalized spacial score (nSPS) is 14.3. The number of unbranched alkanes of at least 4 members (excludes halogenated alkanes) is 15. The number of aromatic nitrogens is 9. The summed E-state index contributed by atoms with van der Waals surface area (Å²) in [6.45, 7) is 8.99. The van der Waals surface area contributed by atoms with E-state index in [0.717, 1.165) is 140 Å². The molecule has 2 fully saturated rings. The first-order valence-corrected chi connectivity index (χ1v) is 34.1. The lowest BCUT2D eigenvalue weighted by molar-refractivity contribution is -0.132. The number of hydrogen-bond acceptors (Lipinski definition) is 21. The molecule has 26 nitrogen and oxygen atoms in total. The predicted octanol–water partition coefficient (Wildman–Crippen LogP) is 4.14. The summed E-state index contributed by atoms with van der Waals surface area (Å²) in [6, 6.07) is -1.22. The van der Waals surface area contributed by atoms with Crippen molar-refractivity contribution in [3.05, 3.63) is 23.8 Å². The van der Waals surface area contributed by atoms with Crippen LogP contribution in [0.1, 0.15) is 165 Å². The number of carbonyl (C=O) groups excluding carboxylic acids is 4. The van der Waals surface area contributed by atoms with Crippen LogP contribution in [0.5, 0.6) is 0 Å². The molecule has 5 rings (SSSR count). The van der Waals surface area contributed by atoms with Crippen molar-refractivity contribution >= 4 is 53.2 Å². The van der Waals surface area contributed by atoms with Gasteiger partial charge in [0.2, 0.25) is 41.5 Å². The maximum absolute atomic E-state index is 13.4. The molecule has 3 aromatic rings. The van der Waals surface area contributed by atoms with E-state index in [1.165, 1.54) is 4.68 Å². The summed E-state index contributed by atoms with van der Waals surface area (Å²) in [7, 11) is 0. The van der Waals surface area contributed by atoms with Crippen LogP contribution >= 0.6 is 11.8 Å². The third-order valence-corrected chi connectivity index (χ3v) is 16.4. The summed E-state index contributed by atoms with van der Waals surface area (Å²) in [5, 5.41) is 45.0. The number of anilines is 3. The molecule has 2 aliphatic rings. The van der Waals surface area contributed by atoms with Gasteiger partial charge in [0.15, 0.2) is 6.04 Å². The van der Waals surface area contributed by atoms with Gasteiger partial charge in [0, 0.05) is 110 Å². The number of hydrogen-bond donors (Lipinski definition) is 6. The number of nitrogens with zero attached hydrogens (tertiary/aromatic N) is 13. The molecule has 0 aromatic carbocycles. The molecule has 0 spiro atoms. The summed E-state index contributed by atoms with van der Waals surface area (Å²) in [5.74, 6) is 5.06. The summed E-state index contributed by atoms with van der Waals surface area (Å²) in [5.41, 5.74) is 7.18. The van der Waals surface area contributed by atoms with Gasteiger partial charge in [-0.2, -0.15) is 26.7 Å². The maximum Gasteiger partial charge on any atom is 0.247 e. The number of nitrogens with two attached hydrogens (primary N) is 1. The predicted molar refractivity (Wildman–Crippen MR) is 342 cm³/mol. The van der Waals surface area contributed by atoms with E-state index >= 15 is 0 Å². The molecule has 2 aliphatic heterocycles. The van der Waals surface area contributed by atoms with Crippen LogP contribution in [0.2, 0.25) is 0 Å². The second kappa shape index (κ2) is 45.5. The smallest absolute Gasteiger partial charge is 0.247 e. The Morgan fingerprint density at radius 2 is 1.07 bits per heavy atom. The van der Waals surface area contributed by atoms with Gasteiger partial charge in [0.25, 0.3) is 0 Å². The zero-order chi connectivity index (χ0) is 62.7. The summed E-state index contributed by atoms with van der Waals surface area (Å²) >= 11 is 1.78. The van der Waals surface area contributed by atoms with Crippen LogP contribution in [0.15, 0.2) is 12.4 Å². The lowest BCUT2D eigenvalue weighted by Gasteiger charge is -2.36. The molecule has 88 heavy (non-hydrogen) atoms. The summed E-state index contributed by atoms with van der Waals surface area (Å²) in [6.07, 6.45) is 32.7. The molecule has 3 aromatic heterocycles. The zero-order valence-electron chi connectivity index (χ0n) is 52.8. The Kier molecular flexibility index (Phi) is 37.7. The Morgan fingerprint density at radius 3 is 1.57 bits per heavy atom. The second-order valence-corrected chi connectivity index (χ2v) is 23.6. The van der Waals surface area contributed by atoms with Gasteiger partial charge in [-0.25, -0.2) is 9.36 Å². The van der Waals surface area contributed by atoms with E-state index in [1.807, 2.05) is 9.80 Å². The molecular weight excluding hydrogens is 1150 g/mol. The van der Waals surface area contributed by atoms with Gasteiger partial charge in [0.05, 0.1) is 51.0 Å². The molecule has 4 amide bonds. The molecule has 2 atom stereocenters. The number of amides is 4. The van der Waals surface area contributed by atoms with Crippen molar-refractivity contribution in [3.8, 4) is 12.3 Å². The highest BCUT2D eigenvalue weighted by molar-refractivity contribution is 7.98. The highest BCUT2D eigenvalue weighted by atomic mass is 32.2. The molecule has 0 radical (unpaired) electrons. The van der Waals surface area contributed by atoms with Crippen molar-refractivity contribution in [2.45, 2.75) is 166 Å². The van der Waals surface area contributed by atoms with E-state index in [2.05, 4.69) is 58.6 Å². The van der Waals surface area contributed by atoms with E-state index in [4.69, 9.17) is 41.3 Å². The molecule has 0 saturated carbocycles. The number of terminal acetylenes is 1. The number of thioether (sulfide) groups is 1. The fourth-order valence-corrected chi connectivity index (χ4v) is 11.0. The van der Waals surface area contributed by atoms with Crippen LogP contribution in [0.4, 0.5) is 17.8 Å². The molecular formula is C61H105N17O9S. The number of carbonyl (C=O) groups is 4. The molecule has 5 heterocycles. The average Bonchev–Trinajstić information content (AvgIpc) is 3.74. The van der Waals surface area contributed by atoms with Crippen molar-refractivity contribution < 1.29 is 43.6 Å². The van der Waals surface area contributed by atoms with Gasteiger partial charge in [-0.15, -0.1) is 16.6 Å². The van der Waals surface area contributed by atoms with E-state index in [0.29, 0.717) is 161 Å². The second-order valence-electron chi connectivity index (χ2n) is 22.6. The van der Waals surface area contributed by atoms with Gasteiger partial charge in [-0.1, -0.05) is 93.4 Å². The number of aryl methyl sites for hydroxylation is 1. The van der Waals surface area contributed by atoms with E-state index in [1.54, 1.807) is 28.8 Å². The van der Waals surface area contributed by atoms with E-state index in [9.17, 15) is 29.4 Å². The van der Waals surface area contributed by atoms with Crippen LogP contribution in [0, 0.1) is 12.3 Å². The Morgan fingerprint density at radius 1 is 0.591 bits per heavy atom. The lowest BCUT2D eigenvalue weighted by Crippen LogP contribution is -2.50. The number of piperazine rings is 2. The highest BCUT2D eigenvalue weighted by Gasteiger charge is 2.28. The van der Waals surface area contributed by atoms with Gasteiger partial charge in [-0.05, 0) is 76.3 Å². The Bertz CT molecular complexity index is 2420. The average molecular weight is 1250 g/mol. The molecule has 7 N–H and O–H groups in total. The van der Waals surface area contributed by atoms with E-state index in [-0.39, 0.29) is 43.4 Å². The molecule has 494 valence electrons. The van der Waals surface area contributed by atoms with Crippen molar-refractivity contribution in [2.75, 3.05) is 159 Å².